The third-order valence-electron chi connectivity index (χ3n) is 2.49. The summed E-state index contributed by atoms with van der Waals surface area (Å²) in [7, 11) is 0. The minimum Gasteiger partial charge on any atom is -0.389 e. The van der Waals surface area contributed by atoms with Gasteiger partial charge in [-0.05, 0) is 20.3 Å². The second-order valence-electron chi connectivity index (χ2n) is 4.37. The van der Waals surface area contributed by atoms with E-state index in [4.69, 9.17) is 0 Å². The highest BCUT2D eigenvalue weighted by molar-refractivity contribution is 5.95. The van der Waals surface area contributed by atoms with Gasteiger partial charge in [-0.15, -0.1) is 0 Å². The molecule has 0 aromatic heterocycles. The van der Waals surface area contributed by atoms with Gasteiger partial charge in [-0.1, -0.05) is 0 Å². The fourth-order valence-electron chi connectivity index (χ4n) is 1.75. The van der Waals surface area contributed by atoms with E-state index in [1.165, 1.54) is 0 Å². The molecule has 1 unspecified atom stereocenters. The molecule has 0 aromatic carbocycles. The molecule has 16 heavy (non-hydrogen) atoms. The Morgan fingerprint density at radius 2 is 2.19 bits per heavy atom. The van der Waals surface area contributed by atoms with Crippen LogP contribution in [-0.2, 0) is 4.79 Å². The molecule has 3 N–H and O–H groups in total. The van der Waals surface area contributed by atoms with Gasteiger partial charge in [-0.2, -0.15) is 0 Å². The third kappa shape index (κ3) is 4.16. The topological polar surface area (TPSA) is 81.7 Å². The predicted octanol–water partition coefficient (Wildman–Crippen LogP) is -0.711. The average Bonchev–Trinajstić information content (AvgIpc) is 2.45. The van der Waals surface area contributed by atoms with Crippen LogP contribution in [0.4, 0.5) is 4.79 Å². The molecule has 1 atom stereocenters. The smallest absolute Gasteiger partial charge is 0.321 e. The maximum Gasteiger partial charge on any atom is 0.321 e. The van der Waals surface area contributed by atoms with Crippen molar-refractivity contribution in [1.29, 1.82) is 0 Å². The number of hydrogen-bond acceptors (Lipinski definition) is 4. The number of rotatable bonds is 3. The van der Waals surface area contributed by atoms with E-state index in [2.05, 4.69) is 10.6 Å². The third-order valence-corrected chi connectivity index (χ3v) is 2.49. The first-order valence-corrected chi connectivity index (χ1v) is 5.45. The van der Waals surface area contributed by atoms with Gasteiger partial charge in [0.2, 0.25) is 5.91 Å². The van der Waals surface area contributed by atoms with Gasteiger partial charge in [0.1, 0.15) is 0 Å². The minimum atomic E-state index is -0.716. The van der Waals surface area contributed by atoms with E-state index in [0.29, 0.717) is 26.1 Å². The molecule has 0 saturated carbocycles. The summed E-state index contributed by atoms with van der Waals surface area (Å²) < 4.78 is 0. The van der Waals surface area contributed by atoms with Gasteiger partial charge in [0, 0.05) is 19.6 Å². The highest BCUT2D eigenvalue weighted by atomic mass is 16.3. The summed E-state index contributed by atoms with van der Waals surface area (Å²) in [6.07, 6.45) is 0.654. The quantitative estimate of drug-likeness (QED) is 0.597. The number of carbonyl (C=O) groups excluding carboxylic acids is 2. The Morgan fingerprint density at radius 1 is 1.50 bits per heavy atom. The number of amides is 3. The van der Waals surface area contributed by atoms with E-state index >= 15 is 0 Å². The first-order chi connectivity index (χ1) is 7.43. The van der Waals surface area contributed by atoms with Gasteiger partial charge in [-0.3, -0.25) is 15.0 Å². The van der Waals surface area contributed by atoms with Gasteiger partial charge in [0.15, 0.2) is 0 Å². The standard InChI is InChI=1S/C10H19N3O3/c1-3-11-9(15)12-8(14)6-13-5-4-10(2,16)7-13/h16H,3-7H2,1-2H3,(H2,11,12,14,15). The predicted molar refractivity (Wildman–Crippen MR) is 58.9 cm³/mol. The van der Waals surface area contributed by atoms with Crippen LogP contribution in [0.2, 0.25) is 0 Å². The highest BCUT2D eigenvalue weighted by Gasteiger charge is 2.32. The Hall–Kier alpha value is -1.14. The SMILES string of the molecule is CCNC(=O)NC(=O)CN1CCC(C)(O)C1. The maximum absolute atomic E-state index is 11.4. The molecule has 92 valence electrons. The second-order valence-corrected chi connectivity index (χ2v) is 4.37. The van der Waals surface area contributed by atoms with E-state index in [1.807, 2.05) is 4.90 Å². The van der Waals surface area contributed by atoms with Crippen molar-refractivity contribution in [3.8, 4) is 0 Å². The molecule has 0 spiro atoms. The lowest BCUT2D eigenvalue weighted by Gasteiger charge is -2.18. The normalized spacial score (nSPS) is 25.4. The van der Waals surface area contributed by atoms with Crippen LogP contribution in [0.3, 0.4) is 0 Å². The molecule has 1 saturated heterocycles. The van der Waals surface area contributed by atoms with Gasteiger partial charge in [0.05, 0.1) is 12.1 Å². The molecule has 0 aromatic rings. The first kappa shape index (κ1) is 12.9. The highest BCUT2D eigenvalue weighted by Crippen LogP contribution is 2.19. The molecule has 1 fully saturated rings. The van der Waals surface area contributed by atoms with Gasteiger partial charge < -0.3 is 10.4 Å². The van der Waals surface area contributed by atoms with E-state index < -0.39 is 11.6 Å². The summed E-state index contributed by atoms with van der Waals surface area (Å²) in [5.74, 6) is -0.344. The lowest BCUT2D eigenvalue weighted by atomic mass is 10.1. The second kappa shape index (κ2) is 5.27. The van der Waals surface area contributed by atoms with Crippen LogP contribution in [0.25, 0.3) is 0 Å². The lowest BCUT2D eigenvalue weighted by Crippen LogP contribution is -2.44. The van der Waals surface area contributed by atoms with Crippen molar-refractivity contribution in [2.75, 3.05) is 26.2 Å². The van der Waals surface area contributed by atoms with Crippen LogP contribution in [0, 0.1) is 0 Å². The summed E-state index contributed by atoms with van der Waals surface area (Å²) in [6.45, 7) is 5.30. The van der Waals surface area contributed by atoms with E-state index in [1.54, 1.807) is 13.8 Å². The molecule has 3 amide bonds. The minimum absolute atomic E-state index is 0.146. The van der Waals surface area contributed by atoms with E-state index in [-0.39, 0.29) is 12.5 Å². The summed E-state index contributed by atoms with van der Waals surface area (Å²) in [5, 5.41) is 14.4. The van der Waals surface area contributed by atoms with E-state index in [9.17, 15) is 14.7 Å². The number of imide groups is 1. The van der Waals surface area contributed by atoms with Crippen molar-refractivity contribution in [2.45, 2.75) is 25.9 Å². The molecule has 1 aliphatic heterocycles. The van der Waals surface area contributed by atoms with Crippen molar-refractivity contribution in [1.82, 2.24) is 15.5 Å². The van der Waals surface area contributed by atoms with Crippen LogP contribution in [-0.4, -0.2) is 53.7 Å². The number of aliphatic hydroxyl groups is 1. The van der Waals surface area contributed by atoms with Crippen LogP contribution in [0.5, 0.6) is 0 Å². The zero-order chi connectivity index (χ0) is 12.2. The Kier molecular flexibility index (Phi) is 4.26. The van der Waals surface area contributed by atoms with Crippen LogP contribution >= 0.6 is 0 Å². The number of likely N-dealkylation sites (tertiary alicyclic amines) is 1. The summed E-state index contributed by atoms with van der Waals surface area (Å²) >= 11 is 0. The number of urea groups is 1. The molecule has 1 aliphatic rings. The van der Waals surface area contributed by atoms with Crippen LogP contribution in [0.15, 0.2) is 0 Å². The molecule has 1 rings (SSSR count). The number of carbonyl (C=O) groups is 2. The van der Waals surface area contributed by atoms with Gasteiger partial charge in [0.25, 0.3) is 0 Å². The number of nitrogens with one attached hydrogen (secondary N) is 2. The van der Waals surface area contributed by atoms with Gasteiger partial charge >= 0.3 is 6.03 Å². The molecule has 0 bridgehead atoms. The number of nitrogens with zero attached hydrogens (tertiary/aromatic N) is 1. The molecule has 6 nitrogen and oxygen atoms in total. The Morgan fingerprint density at radius 3 is 2.69 bits per heavy atom. The molecule has 0 aliphatic carbocycles. The van der Waals surface area contributed by atoms with Crippen LogP contribution in [0.1, 0.15) is 20.3 Å². The monoisotopic (exact) mass is 229 g/mol. The van der Waals surface area contributed by atoms with Crippen molar-refractivity contribution < 1.29 is 14.7 Å². The lowest BCUT2D eigenvalue weighted by molar-refractivity contribution is -0.121. The molecule has 0 radical (unpaired) electrons. The first-order valence-electron chi connectivity index (χ1n) is 5.45. The Labute approximate surface area is 95.0 Å². The van der Waals surface area contributed by atoms with Gasteiger partial charge in [-0.25, -0.2) is 4.79 Å². The van der Waals surface area contributed by atoms with Crippen molar-refractivity contribution in [2.24, 2.45) is 0 Å². The van der Waals surface area contributed by atoms with Crippen molar-refractivity contribution >= 4 is 11.9 Å². The number of β-amino-alcohol motifs (C(OH)–C–C–N with tert-alkyl or cyclic N) is 1. The molecular weight excluding hydrogens is 210 g/mol. The average molecular weight is 229 g/mol. The van der Waals surface area contributed by atoms with E-state index in [0.717, 1.165) is 0 Å². The largest absolute Gasteiger partial charge is 0.389 e. The summed E-state index contributed by atoms with van der Waals surface area (Å²) in [4.78, 5) is 24.3. The fraction of sp³-hybridized carbons (Fsp3) is 0.800. The summed E-state index contributed by atoms with van der Waals surface area (Å²) in [6, 6.07) is -0.474. The fourth-order valence-corrected chi connectivity index (χ4v) is 1.75. The zero-order valence-electron chi connectivity index (χ0n) is 9.75. The zero-order valence-corrected chi connectivity index (χ0v) is 9.75. The molecule has 6 heteroatoms. The van der Waals surface area contributed by atoms with Crippen molar-refractivity contribution in [3.05, 3.63) is 0 Å². The molecular formula is C10H19N3O3. The maximum atomic E-state index is 11.4. The van der Waals surface area contributed by atoms with Crippen molar-refractivity contribution in [3.63, 3.8) is 0 Å². The van der Waals surface area contributed by atoms with Crippen LogP contribution < -0.4 is 10.6 Å². The summed E-state index contributed by atoms with van der Waals surface area (Å²) in [5.41, 5.74) is -0.716. The number of hydrogen-bond donors (Lipinski definition) is 3. The molecule has 1 heterocycles. The Balaban J connectivity index is 2.28. The Bertz CT molecular complexity index is 278.